The van der Waals surface area contributed by atoms with Crippen molar-refractivity contribution in [3.63, 3.8) is 0 Å². The lowest BCUT2D eigenvalue weighted by Crippen LogP contribution is -2.49. The summed E-state index contributed by atoms with van der Waals surface area (Å²) in [6.45, 7) is 7.98. The van der Waals surface area contributed by atoms with Gasteiger partial charge in [-0.05, 0) is 51.4 Å². The standard InChI is InChI=1S/C21H32N2O5/c1-4-26-20(25)21(14-16-7-5-6-12-27-16)8-10-23(11-9-21)19(24)18-13-17(15(2)3)22-28-18/h13,15-16H,4-12,14H2,1-3H3. The molecule has 0 aliphatic carbocycles. The van der Waals surface area contributed by atoms with Crippen molar-refractivity contribution in [2.24, 2.45) is 5.41 Å². The molecule has 0 saturated carbocycles. The molecule has 3 rings (SSSR count). The highest BCUT2D eigenvalue weighted by Crippen LogP contribution is 2.40. The highest BCUT2D eigenvalue weighted by atomic mass is 16.5. The molecule has 1 amide bonds. The molecule has 0 aromatic carbocycles. The fourth-order valence-electron chi connectivity index (χ4n) is 4.14. The molecule has 1 atom stereocenters. The van der Waals surface area contributed by atoms with Gasteiger partial charge in [-0.3, -0.25) is 9.59 Å². The zero-order valence-electron chi connectivity index (χ0n) is 17.2. The number of carbonyl (C=O) groups excluding carboxylic acids is 2. The predicted molar refractivity (Wildman–Crippen MR) is 103 cm³/mol. The summed E-state index contributed by atoms with van der Waals surface area (Å²) in [5.41, 5.74) is 0.204. The summed E-state index contributed by atoms with van der Waals surface area (Å²) >= 11 is 0. The molecule has 0 bridgehead atoms. The van der Waals surface area contributed by atoms with Gasteiger partial charge < -0.3 is 18.9 Å². The average molecular weight is 392 g/mol. The van der Waals surface area contributed by atoms with Crippen LogP contribution in [0.1, 0.15) is 81.5 Å². The molecule has 0 N–H and O–H groups in total. The van der Waals surface area contributed by atoms with Crippen LogP contribution in [0, 0.1) is 5.41 Å². The topological polar surface area (TPSA) is 81.9 Å². The summed E-state index contributed by atoms with van der Waals surface area (Å²) in [6.07, 6.45) is 5.15. The maximum absolute atomic E-state index is 12.8. The first-order valence-electron chi connectivity index (χ1n) is 10.5. The van der Waals surface area contributed by atoms with E-state index in [1.807, 2.05) is 20.8 Å². The molecular weight excluding hydrogens is 360 g/mol. The number of aromatic nitrogens is 1. The van der Waals surface area contributed by atoms with E-state index in [1.165, 1.54) is 0 Å². The minimum atomic E-state index is -0.570. The Kier molecular flexibility index (Phi) is 6.75. The number of rotatable bonds is 6. The maximum Gasteiger partial charge on any atom is 0.312 e. The molecule has 0 spiro atoms. The van der Waals surface area contributed by atoms with Crippen LogP contribution in [0.2, 0.25) is 0 Å². The smallest absolute Gasteiger partial charge is 0.312 e. The summed E-state index contributed by atoms with van der Waals surface area (Å²) in [4.78, 5) is 27.3. The highest BCUT2D eigenvalue weighted by Gasteiger charge is 2.45. The van der Waals surface area contributed by atoms with Crippen LogP contribution in [-0.2, 0) is 14.3 Å². The molecule has 2 aliphatic heterocycles. The van der Waals surface area contributed by atoms with Gasteiger partial charge in [0.1, 0.15) is 0 Å². The summed E-state index contributed by atoms with van der Waals surface area (Å²) in [7, 11) is 0. The Morgan fingerprint density at radius 3 is 2.64 bits per heavy atom. The van der Waals surface area contributed by atoms with Crippen LogP contribution in [0.15, 0.2) is 10.6 Å². The fraction of sp³-hybridized carbons (Fsp3) is 0.762. The quantitative estimate of drug-likeness (QED) is 0.689. The van der Waals surface area contributed by atoms with Crippen molar-refractivity contribution in [2.45, 2.75) is 71.3 Å². The van der Waals surface area contributed by atoms with Crippen LogP contribution in [-0.4, -0.2) is 54.3 Å². The zero-order chi connectivity index (χ0) is 20.1. The molecule has 1 aromatic heterocycles. The average Bonchev–Trinajstić information content (AvgIpc) is 3.19. The third-order valence-electron chi connectivity index (χ3n) is 5.94. The number of esters is 1. The van der Waals surface area contributed by atoms with Crippen molar-refractivity contribution < 1.29 is 23.6 Å². The van der Waals surface area contributed by atoms with Crippen LogP contribution in [0.4, 0.5) is 0 Å². The number of nitrogens with zero attached hydrogens (tertiary/aromatic N) is 2. The number of piperidine rings is 1. The van der Waals surface area contributed by atoms with Crippen molar-refractivity contribution in [3.8, 4) is 0 Å². The van der Waals surface area contributed by atoms with Gasteiger partial charge in [0.2, 0.25) is 5.76 Å². The highest BCUT2D eigenvalue weighted by molar-refractivity contribution is 5.91. The second-order valence-electron chi connectivity index (χ2n) is 8.26. The van der Waals surface area contributed by atoms with Crippen molar-refractivity contribution in [1.82, 2.24) is 10.1 Å². The summed E-state index contributed by atoms with van der Waals surface area (Å²) < 4.78 is 16.5. The lowest BCUT2D eigenvalue weighted by molar-refractivity contribution is -0.162. The molecule has 2 aliphatic rings. The van der Waals surface area contributed by atoms with E-state index in [-0.39, 0.29) is 29.7 Å². The number of amides is 1. The molecule has 2 fully saturated rings. The molecule has 7 nitrogen and oxygen atoms in total. The van der Waals surface area contributed by atoms with Gasteiger partial charge in [-0.2, -0.15) is 0 Å². The summed E-state index contributed by atoms with van der Waals surface area (Å²) in [5.74, 6) is 0.158. The van der Waals surface area contributed by atoms with E-state index in [4.69, 9.17) is 14.0 Å². The molecule has 1 aromatic rings. The Morgan fingerprint density at radius 2 is 2.07 bits per heavy atom. The third-order valence-corrected chi connectivity index (χ3v) is 5.94. The minimum Gasteiger partial charge on any atom is -0.466 e. The first kappa shape index (κ1) is 20.8. The van der Waals surface area contributed by atoms with E-state index in [0.717, 1.165) is 31.6 Å². The SMILES string of the molecule is CCOC(=O)C1(CC2CCCCO2)CCN(C(=O)c2cc(C(C)C)no2)CC1. The maximum atomic E-state index is 12.8. The molecule has 1 unspecified atom stereocenters. The van der Waals surface area contributed by atoms with Crippen LogP contribution < -0.4 is 0 Å². The van der Waals surface area contributed by atoms with Crippen molar-refractivity contribution in [3.05, 3.63) is 17.5 Å². The monoisotopic (exact) mass is 392 g/mol. The van der Waals surface area contributed by atoms with Crippen molar-refractivity contribution >= 4 is 11.9 Å². The molecule has 28 heavy (non-hydrogen) atoms. The second-order valence-corrected chi connectivity index (χ2v) is 8.26. The largest absolute Gasteiger partial charge is 0.466 e. The van der Waals surface area contributed by atoms with Gasteiger partial charge in [-0.1, -0.05) is 19.0 Å². The molecule has 7 heteroatoms. The van der Waals surface area contributed by atoms with E-state index >= 15 is 0 Å². The summed E-state index contributed by atoms with van der Waals surface area (Å²) in [6, 6.07) is 1.72. The number of ether oxygens (including phenoxy) is 2. The third kappa shape index (κ3) is 4.57. The van der Waals surface area contributed by atoms with E-state index in [1.54, 1.807) is 11.0 Å². The van der Waals surface area contributed by atoms with Crippen LogP contribution in [0.5, 0.6) is 0 Å². The Bertz CT molecular complexity index is 670. The van der Waals surface area contributed by atoms with Crippen molar-refractivity contribution in [2.75, 3.05) is 26.3 Å². The van der Waals surface area contributed by atoms with Gasteiger partial charge in [0.05, 0.1) is 23.8 Å². The molecule has 2 saturated heterocycles. The second kappa shape index (κ2) is 9.07. The Morgan fingerprint density at radius 1 is 1.32 bits per heavy atom. The fourth-order valence-corrected chi connectivity index (χ4v) is 4.14. The molecule has 0 radical (unpaired) electrons. The van der Waals surface area contributed by atoms with Gasteiger partial charge in [0.25, 0.3) is 5.91 Å². The first-order chi connectivity index (χ1) is 13.4. The Hall–Kier alpha value is -1.89. The Balaban J connectivity index is 1.67. The number of hydrogen-bond donors (Lipinski definition) is 0. The first-order valence-corrected chi connectivity index (χ1v) is 10.5. The van der Waals surface area contributed by atoms with E-state index in [0.29, 0.717) is 39.0 Å². The van der Waals surface area contributed by atoms with Gasteiger partial charge >= 0.3 is 5.97 Å². The molecular formula is C21H32N2O5. The van der Waals surface area contributed by atoms with E-state index in [2.05, 4.69) is 5.16 Å². The lowest BCUT2D eigenvalue weighted by atomic mass is 9.73. The van der Waals surface area contributed by atoms with Crippen LogP contribution in [0.25, 0.3) is 0 Å². The van der Waals surface area contributed by atoms with Gasteiger partial charge in [-0.25, -0.2) is 0 Å². The van der Waals surface area contributed by atoms with Gasteiger partial charge in [0, 0.05) is 25.8 Å². The molecule has 3 heterocycles. The van der Waals surface area contributed by atoms with E-state index < -0.39 is 5.41 Å². The predicted octanol–water partition coefficient (Wildman–Crippen LogP) is 3.54. The molecule has 156 valence electrons. The summed E-state index contributed by atoms with van der Waals surface area (Å²) in [5, 5.41) is 3.98. The normalized spacial score (nSPS) is 22.3. The van der Waals surface area contributed by atoms with Gasteiger partial charge in [-0.15, -0.1) is 0 Å². The van der Waals surface area contributed by atoms with E-state index in [9.17, 15) is 9.59 Å². The zero-order valence-corrected chi connectivity index (χ0v) is 17.2. The van der Waals surface area contributed by atoms with Crippen molar-refractivity contribution in [1.29, 1.82) is 0 Å². The Labute approximate surface area is 166 Å². The number of hydrogen-bond acceptors (Lipinski definition) is 6. The lowest BCUT2D eigenvalue weighted by Gasteiger charge is -2.41. The van der Waals surface area contributed by atoms with Gasteiger partial charge in [0.15, 0.2) is 0 Å². The van der Waals surface area contributed by atoms with Crippen LogP contribution in [0.3, 0.4) is 0 Å². The number of carbonyl (C=O) groups is 2. The number of likely N-dealkylation sites (tertiary alicyclic amines) is 1. The van der Waals surface area contributed by atoms with Crippen LogP contribution >= 0.6 is 0 Å². The minimum absolute atomic E-state index is 0.100.